The number of rotatable bonds is 3. The van der Waals surface area contributed by atoms with E-state index in [4.69, 9.17) is 5.26 Å². The lowest BCUT2D eigenvalue weighted by Gasteiger charge is -2.36. The summed E-state index contributed by atoms with van der Waals surface area (Å²) in [5, 5.41) is 9.03. The molecule has 1 aromatic heterocycles. The predicted octanol–water partition coefficient (Wildman–Crippen LogP) is 1.79. The van der Waals surface area contributed by atoms with Crippen LogP contribution in [-0.4, -0.2) is 41.5 Å². The van der Waals surface area contributed by atoms with E-state index in [0.717, 1.165) is 44.2 Å². The number of carbonyl (C=O) groups excluding carboxylic acids is 1. The SMILES string of the molecule is N#Cc1cccc(N2C[C@@H]3CC[C@H](C2)N(CC2CC2)C3=O)n1. The molecule has 0 spiro atoms. The molecule has 5 rings (SSSR count). The van der Waals surface area contributed by atoms with Gasteiger partial charge in [0.05, 0.1) is 5.92 Å². The molecule has 0 aromatic carbocycles. The molecule has 1 aliphatic carbocycles. The molecule has 114 valence electrons. The van der Waals surface area contributed by atoms with E-state index in [2.05, 4.69) is 20.9 Å². The van der Waals surface area contributed by atoms with Crippen molar-refractivity contribution in [3.63, 3.8) is 0 Å². The van der Waals surface area contributed by atoms with E-state index in [1.807, 2.05) is 12.1 Å². The Morgan fingerprint density at radius 3 is 2.86 bits per heavy atom. The number of hydrogen-bond donors (Lipinski definition) is 0. The first-order valence-electron chi connectivity index (χ1n) is 8.17. The van der Waals surface area contributed by atoms with E-state index in [9.17, 15) is 4.79 Å². The third kappa shape index (κ3) is 2.43. The summed E-state index contributed by atoms with van der Waals surface area (Å²) in [4.78, 5) is 21.4. The molecule has 1 saturated carbocycles. The zero-order chi connectivity index (χ0) is 15.1. The van der Waals surface area contributed by atoms with Crippen LogP contribution in [-0.2, 0) is 4.79 Å². The molecule has 1 aromatic rings. The first kappa shape index (κ1) is 13.6. The van der Waals surface area contributed by atoms with Crippen LogP contribution in [0.1, 0.15) is 31.4 Å². The molecule has 5 nitrogen and oxygen atoms in total. The summed E-state index contributed by atoms with van der Waals surface area (Å²) in [6, 6.07) is 7.94. The second kappa shape index (κ2) is 5.28. The van der Waals surface area contributed by atoms with Crippen molar-refractivity contribution >= 4 is 11.7 Å². The van der Waals surface area contributed by atoms with Crippen molar-refractivity contribution in [2.24, 2.45) is 11.8 Å². The average Bonchev–Trinajstić information content (AvgIpc) is 3.38. The second-order valence-electron chi connectivity index (χ2n) is 6.76. The summed E-state index contributed by atoms with van der Waals surface area (Å²) in [6.07, 6.45) is 4.63. The Labute approximate surface area is 130 Å². The average molecular weight is 296 g/mol. The van der Waals surface area contributed by atoms with E-state index in [-0.39, 0.29) is 5.92 Å². The fraction of sp³-hybridized carbons (Fsp3) is 0.588. The third-order valence-electron chi connectivity index (χ3n) is 5.12. The maximum Gasteiger partial charge on any atom is 0.227 e. The summed E-state index contributed by atoms with van der Waals surface area (Å²) in [6.45, 7) is 2.52. The summed E-state index contributed by atoms with van der Waals surface area (Å²) >= 11 is 0. The van der Waals surface area contributed by atoms with Gasteiger partial charge in [0.1, 0.15) is 17.6 Å². The normalized spacial score (nSPS) is 27.7. The molecule has 4 fully saturated rings. The molecule has 3 aliphatic heterocycles. The van der Waals surface area contributed by atoms with Gasteiger partial charge in [0.25, 0.3) is 0 Å². The van der Waals surface area contributed by atoms with Crippen molar-refractivity contribution in [2.75, 3.05) is 24.5 Å². The van der Waals surface area contributed by atoms with Gasteiger partial charge in [0.15, 0.2) is 0 Å². The monoisotopic (exact) mass is 296 g/mol. The van der Waals surface area contributed by atoms with Crippen LogP contribution in [0, 0.1) is 23.2 Å². The van der Waals surface area contributed by atoms with Crippen molar-refractivity contribution in [1.82, 2.24) is 9.88 Å². The Morgan fingerprint density at radius 1 is 1.23 bits per heavy atom. The molecule has 2 bridgehead atoms. The van der Waals surface area contributed by atoms with Crippen LogP contribution in [0.2, 0.25) is 0 Å². The number of pyridine rings is 1. The molecule has 1 amide bonds. The van der Waals surface area contributed by atoms with Gasteiger partial charge in [0, 0.05) is 25.7 Å². The van der Waals surface area contributed by atoms with Crippen molar-refractivity contribution in [2.45, 2.75) is 31.7 Å². The number of carbonyl (C=O) groups is 1. The fourth-order valence-corrected chi connectivity index (χ4v) is 3.71. The number of hydrogen-bond acceptors (Lipinski definition) is 4. The molecule has 3 saturated heterocycles. The molecule has 4 aliphatic rings. The lowest BCUT2D eigenvalue weighted by atomic mass is 9.94. The smallest absolute Gasteiger partial charge is 0.227 e. The van der Waals surface area contributed by atoms with E-state index >= 15 is 0 Å². The molecule has 0 N–H and O–H groups in total. The van der Waals surface area contributed by atoms with Crippen LogP contribution in [0.5, 0.6) is 0 Å². The van der Waals surface area contributed by atoms with Crippen LogP contribution in [0.25, 0.3) is 0 Å². The summed E-state index contributed by atoms with van der Waals surface area (Å²) in [5.74, 6) is 1.99. The van der Waals surface area contributed by atoms with Gasteiger partial charge >= 0.3 is 0 Å². The van der Waals surface area contributed by atoms with Gasteiger partial charge in [-0.15, -0.1) is 0 Å². The van der Waals surface area contributed by atoms with E-state index in [1.54, 1.807) is 6.07 Å². The Kier molecular flexibility index (Phi) is 3.25. The second-order valence-corrected chi connectivity index (χ2v) is 6.76. The van der Waals surface area contributed by atoms with Gasteiger partial charge in [0.2, 0.25) is 5.91 Å². The molecular formula is C17H20N4O. The molecule has 22 heavy (non-hydrogen) atoms. The topological polar surface area (TPSA) is 60.2 Å². The van der Waals surface area contributed by atoms with Crippen LogP contribution in [0.4, 0.5) is 5.82 Å². The maximum atomic E-state index is 12.7. The lowest BCUT2D eigenvalue weighted by molar-refractivity contribution is -0.140. The zero-order valence-electron chi connectivity index (χ0n) is 12.6. The van der Waals surface area contributed by atoms with Gasteiger partial charge in [-0.25, -0.2) is 4.98 Å². The number of nitriles is 1. The number of piperidine rings is 1. The van der Waals surface area contributed by atoms with Gasteiger partial charge < -0.3 is 9.80 Å². The Hall–Kier alpha value is -2.09. The summed E-state index contributed by atoms with van der Waals surface area (Å²) < 4.78 is 0. The number of fused-ring (bicyclic) bond motifs is 4. The van der Waals surface area contributed by atoms with Crippen LogP contribution in [0.15, 0.2) is 18.2 Å². The Morgan fingerprint density at radius 2 is 2.09 bits per heavy atom. The van der Waals surface area contributed by atoms with Crippen molar-refractivity contribution in [3.8, 4) is 6.07 Å². The molecule has 4 heterocycles. The minimum Gasteiger partial charge on any atom is -0.354 e. The number of amides is 1. The standard InChI is InChI=1S/C17H20N4O/c18-8-14-2-1-3-16(19-14)20-10-13-6-7-15(11-20)21(17(13)22)9-12-4-5-12/h1-3,12-13,15H,4-7,9-11H2/t13-,15+/m0/s1. The van der Waals surface area contributed by atoms with Crippen molar-refractivity contribution < 1.29 is 4.79 Å². The van der Waals surface area contributed by atoms with Gasteiger partial charge in [-0.05, 0) is 43.7 Å². The van der Waals surface area contributed by atoms with Crippen LogP contribution < -0.4 is 4.90 Å². The van der Waals surface area contributed by atoms with E-state index in [0.29, 0.717) is 17.6 Å². The molecule has 0 radical (unpaired) electrons. The lowest BCUT2D eigenvalue weighted by Crippen LogP contribution is -2.48. The fourth-order valence-electron chi connectivity index (χ4n) is 3.71. The molecule has 0 unspecified atom stereocenters. The first-order chi connectivity index (χ1) is 10.7. The number of nitrogens with zero attached hydrogens (tertiary/aromatic N) is 4. The molecule has 2 atom stereocenters. The van der Waals surface area contributed by atoms with E-state index < -0.39 is 0 Å². The minimum absolute atomic E-state index is 0.0880. The van der Waals surface area contributed by atoms with Gasteiger partial charge in [-0.3, -0.25) is 4.79 Å². The molecule has 5 heteroatoms. The molecular weight excluding hydrogens is 276 g/mol. The highest BCUT2D eigenvalue weighted by Crippen LogP contribution is 2.36. The van der Waals surface area contributed by atoms with Crippen LogP contribution in [0.3, 0.4) is 0 Å². The maximum absolute atomic E-state index is 12.7. The van der Waals surface area contributed by atoms with Crippen molar-refractivity contribution in [1.29, 1.82) is 5.26 Å². The van der Waals surface area contributed by atoms with Gasteiger partial charge in [-0.1, -0.05) is 6.07 Å². The highest BCUT2D eigenvalue weighted by Gasteiger charge is 2.42. The third-order valence-corrected chi connectivity index (χ3v) is 5.12. The Bertz CT molecular complexity index is 634. The summed E-state index contributed by atoms with van der Waals surface area (Å²) in [7, 11) is 0. The Balaban J connectivity index is 1.59. The first-order valence-corrected chi connectivity index (χ1v) is 8.17. The quantitative estimate of drug-likeness (QED) is 0.853. The summed E-state index contributed by atoms with van der Waals surface area (Å²) in [5.41, 5.74) is 0.440. The zero-order valence-corrected chi connectivity index (χ0v) is 12.6. The minimum atomic E-state index is 0.0880. The van der Waals surface area contributed by atoms with Crippen molar-refractivity contribution in [3.05, 3.63) is 23.9 Å². The van der Waals surface area contributed by atoms with Gasteiger partial charge in [-0.2, -0.15) is 5.26 Å². The number of aromatic nitrogens is 1. The number of anilines is 1. The van der Waals surface area contributed by atoms with Crippen LogP contribution >= 0.6 is 0 Å². The highest BCUT2D eigenvalue weighted by atomic mass is 16.2. The largest absolute Gasteiger partial charge is 0.354 e. The van der Waals surface area contributed by atoms with E-state index in [1.165, 1.54) is 12.8 Å². The highest BCUT2D eigenvalue weighted by molar-refractivity contribution is 5.81. The predicted molar refractivity (Wildman–Crippen MR) is 82.1 cm³/mol.